The number of nitrogens with zero attached hydrogens (tertiary/aromatic N) is 4. The van der Waals surface area contributed by atoms with E-state index >= 15 is 0 Å². The summed E-state index contributed by atoms with van der Waals surface area (Å²) < 4.78 is 8.11. The molecule has 0 bridgehead atoms. The van der Waals surface area contributed by atoms with E-state index in [9.17, 15) is 0 Å². The minimum absolute atomic E-state index is 0.258. The molecule has 0 spiro atoms. The fourth-order valence-corrected chi connectivity index (χ4v) is 4.11. The second kappa shape index (κ2) is 7.25. The molecule has 1 saturated carbocycles. The summed E-state index contributed by atoms with van der Waals surface area (Å²) in [4.78, 5) is 2.48. The van der Waals surface area contributed by atoms with Gasteiger partial charge >= 0.3 is 0 Å². The van der Waals surface area contributed by atoms with Crippen LogP contribution in [0.1, 0.15) is 30.1 Å². The molecule has 0 radical (unpaired) electrons. The first-order valence-electron chi connectivity index (χ1n) is 8.69. The van der Waals surface area contributed by atoms with Crippen molar-refractivity contribution in [3.8, 4) is 0 Å². The summed E-state index contributed by atoms with van der Waals surface area (Å²) in [6.45, 7) is 3.80. The molecule has 1 atom stereocenters. The molecule has 5 nitrogen and oxygen atoms in total. The highest BCUT2D eigenvalue weighted by molar-refractivity contribution is 7.99. The van der Waals surface area contributed by atoms with Crippen molar-refractivity contribution in [2.24, 2.45) is 7.05 Å². The Labute approximate surface area is 147 Å². The van der Waals surface area contributed by atoms with Crippen LogP contribution in [0.5, 0.6) is 0 Å². The van der Waals surface area contributed by atoms with Crippen LogP contribution in [0.15, 0.2) is 35.5 Å². The molecule has 1 saturated heterocycles. The van der Waals surface area contributed by atoms with Crippen LogP contribution in [0.25, 0.3) is 0 Å². The first-order valence-corrected chi connectivity index (χ1v) is 9.68. The van der Waals surface area contributed by atoms with Gasteiger partial charge in [-0.05, 0) is 18.4 Å². The Morgan fingerprint density at radius 3 is 2.83 bits per heavy atom. The molecule has 0 amide bonds. The fraction of sp³-hybridized carbons (Fsp3) is 0.556. The number of aromatic nitrogens is 3. The van der Waals surface area contributed by atoms with Gasteiger partial charge in [-0.25, -0.2) is 0 Å². The maximum atomic E-state index is 5.95. The number of thioether (sulfide) groups is 1. The standard InChI is InChI=1S/C18H24N4OS/c1-21-17(15-7-8-15)19-20-18(21)24-13-16-12-22(9-10-23-16)11-14-5-3-2-4-6-14/h2-6,15-16H,7-13H2,1H3. The third kappa shape index (κ3) is 3.82. The van der Waals surface area contributed by atoms with Gasteiger partial charge in [-0.1, -0.05) is 42.1 Å². The van der Waals surface area contributed by atoms with E-state index < -0.39 is 0 Å². The molecule has 2 heterocycles. The minimum Gasteiger partial charge on any atom is -0.375 e. The van der Waals surface area contributed by atoms with Crippen LogP contribution in [-0.2, 0) is 18.3 Å². The lowest BCUT2D eigenvalue weighted by Crippen LogP contribution is -2.43. The molecule has 0 N–H and O–H groups in total. The summed E-state index contributed by atoms with van der Waals surface area (Å²) in [5.41, 5.74) is 1.37. The van der Waals surface area contributed by atoms with Crippen LogP contribution in [0.3, 0.4) is 0 Å². The number of morpholine rings is 1. The highest BCUT2D eigenvalue weighted by Gasteiger charge is 2.29. The maximum Gasteiger partial charge on any atom is 0.191 e. The Hall–Kier alpha value is -1.37. The largest absolute Gasteiger partial charge is 0.375 e. The van der Waals surface area contributed by atoms with Gasteiger partial charge in [0, 0.05) is 38.4 Å². The Kier molecular flexibility index (Phi) is 4.87. The van der Waals surface area contributed by atoms with Crippen molar-refractivity contribution in [1.82, 2.24) is 19.7 Å². The maximum absolute atomic E-state index is 5.95. The summed E-state index contributed by atoms with van der Waals surface area (Å²) >= 11 is 1.77. The summed E-state index contributed by atoms with van der Waals surface area (Å²) in [7, 11) is 2.08. The van der Waals surface area contributed by atoms with Crippen LogP contribution in [0.4, 0.5) is 0 Å². The lowest BCUT2D eigenvalue weighted by atomic mass is 10.2. The van der Waals surface area contributed by atoms with Crippen molar-refractivity contribution in [3.63, 3.8) is 0 Å². The Balaban J connectivity index is 1.30. The number of benzene rings is 1. The normalized spacial score (nSPS) is 22.0. The zero-order valence-electron chi connectivity index (χ0n) is 14.1. The fourth-order valence-electron chi connectivity index (χ4n) is 3.18. The lowest BCUT2D eigenvalue weighted by Gasteiger charge is -2.32. The van der Waals surface area contributed by atoms with E-state index in [4.69, 9.17) is 4.74 Å². The van der Waals surface area contributed by atoms with Gasteiger partial charge in [0.05, 0.1) is 12.7 Å². The third-order valence-corrected chi connectivity index (χ3v) is 5.83. The van der Waals surface area contributed by atoms with E-state index in [0.29, 0.717) is 5.92 Å². The summed E-state index contributed by atoms with van der Waals surface area (Å²) in [5, 5.41) is 9.72. The zero-order valence-corrected chi connectivity index (χ0v) is 14.9. The van der Waals surface area contributed by atoms with Gasteiger partial charge in [0.15, 0.2) is 5.16 Å². The van der Waals surface area contributed by atoms with E-state index in [1.54, 1.807) is 11.8 Å². The topological polar surface area (TPSA) is 43.2 Å². The number of hydrogen-bond acceptors (Lipinski definition) is 5. The molecular weight excluding hydrogens is 320 g/mol. The highest BCUT2D eigenvalue weighted by Crippen LogP contribution is 2.39. The van der Waals surface area contributed by atoms with Crippen LogP contribution >= 0.6 is 11.8 Å². The predicted octanol–water partition coefficient (Wildman–Crippen LogP) is 2.69. The van der Waals surface area contributed by atoms with Crippen LogP contribution < -0.4 is 0 Å². The van der Waals surface area contributed by atoms with Gasteiger partial charge < -0.3 is 9.30 Å². The monoisotopic (exact) mass is 344 g/mol. The smallest absolute Gasteiger partial charge is 0.191 e. The number of rotatable bonds is 6. The quantitative estimate of drug-likeness (QED) is 0.754. The highest BCUT2D eigenvalue weighted by atomic mass is 32.2. The van der Waals surface area contributed by atoms with E-state index in [1.165, 1.54) is 18.4 Å². The molecule has 1 aromatic carbocycles. The van der Waals surface area contributed by atoms with Crippen LogP contribution in [0, 0.1) is 0 Å². The molecule has 4 rings (SSSR count). The second-order valence-electron chi connectivity index (χ2n) is 6.70. The molecular formula is C18H24N4OS. The van der Waals surface area contributed by atoms with Crippen LogP contribution in [-0.4, -0.2) is 51.2 Å². The van der Waals surface area contributed by atoms with Crippen molar-refractivity contribution in [3.05, 3.63) is 41.7 Å². The molecule has 2 aromatic rings. The van der Waals surface area contributed by atoms with Gasteiger partial charge in [0.1, 0.15) is 5.82 Å². The zero-order chi connectivity index (χ0) is 16.4. The van der Waals surface area contributed by atoms with E-state index in [0.717, 1.165) is 43.0 Å². The van der Waals surface area contributed by atoms with Crippen LogP contribution in [0.2, 0.25) is 0 Å². The lowest BCUT2D eigenvalue weighted by molar-refractivity contribution is -0.0187. The molecule has 1 aliphatic heterocycles. The van der Waals surface area contributed by atoms with Gasteiger partial charge in [-0.3, -0.25) is 4.90 Å². The first-order chi connectivity index (χ1) is 11.8. The molecule has 6 heteroatoms. The molecule has 1 unspecified atom stereocenters. The summed E-state index contributed by atoms with van der Waals surface area (Å²) in [6, 6.07) is 10.7. The van der Waals surface area contributed by atoms with Crippen molar-refractivity contribution < 1.29 is 4.74 Å². The summed E-state index contributed by atoms with van der Waals surface area (Å²) in [5.74, 6) is 2.72. The SMILES string of the molecule is Cn1c(SCC2CN(Cc3ccccc3)CCO2)nnc1C1CC1. The molecule has 128 valence electrons. The second-order valence-corrected chi connectivity index (χ2v) is 7.69. The first kappa shape index (κ1) is 16.1. The van der Waals surface area contributed by atoms with Crippen molar-refractivity contribution in [1.29, 1.82) is 0 Å². The predicted molar refractivity (Wildman–Crippen MR) is 95.2 cm³/mol. The van der Waals surface area contributed by atoms with Crippen molar-refractivity contribution in [2.75, 3.05) is 25.4 Å². The third-order valence-electron chi connectivity index (χ3n) is 4.68. The molecule has 2 aliphatic rings. The Bertz CT molecular complexity index is 671. The minimum atomic E-state index is 0.258. The van der Waals surface area contributed by atoms with E-state index in [-0.39, 0.29) is 6.10 Å². The Morgan fingerprint density at radius 1 is 1.21 bits per heavy atom. The van der Waals surface area contributed by atoms with E-state index in [1.807, 2.05) is 0 Å². The average Bonchev–Trinajstić information content (AvgIpc) is 3.38. The molecule has 1 aromatic heterocycles. The van der Waals surface area contributed by atoms with Gasteiger partial charge in [-0.2, -0.15) is 0 Å². The number of hydrogen-bond donors (Lipinski definition) is 0. The van der Waals surface area contributed by atoms with E-state index in [2.05, 4.69) is 57.0 Å². The average molecular weight is 344 g/mol. The van der Waals surface area contributed by atoms with Crippen molar-refractivity contribution in [2.45, 2.75) is 36.6 Å². The molecule has 1 aliphatic carbocycles. The Morgan fingerprint density at radius 2 is 2.04 bits per heavy atom. The van der Waals surface area contributed by atoms with Crippen molar-refractivity contribution >= 4 is 11.8 Å². The molecule has 24 heavy (non-hydrogen) atoms. The van der Waals surface area contributed by atoms with Gasteiger partial charge in [-0.15, -0.1) is 10.2 Å². The van der Waals surface area contributed by atoms with Gasteiger partial charge in [0.25, 0.3) is 0 Å². The number of ether oxygens (including phenoxy) is 1. The summed E-state index contributed by atoms with van der Waals surface area (Å²) in [6.07, 6.45) is 2.78. The van der Waals surface area contributed by atoms with Gasteiger partial charge in [0.2, 0.25) is 0 Å². The molecule has 2 fully saturated rings.